The Morgan fingerprint density at radius 3 is 2.43 bits per heavy atom. The fourth-order valence-corrected chi connectivity index (χ4v) is 5.27. The zero-order valence-corrected chi connectivity index (χ0v) is 26.1. The molecule has 0 aliphatic carbocycles. The number of unbranched alkanes of at least 4 members (excludes halogenated alkanes) is 1. The molecule has 1 aliphatic rings. The molecule has 2 aromatic heterocycles. The van der Waals surface area contributed by atoms with Crippen LogP contribution < -0.4 is 10.1 Å². The van der Waals surface area contributed by atoms with Gasteiger partial charge in [0.25, 0.3) is 0 Å². The number of pyridine rings is 1. The van der Waals surface area contributed by atoms with Crippen LogP contribution in [0, 0.1) is 11.3 Å². The second-order valence-electron chi connectivity index (χ2n) is 12.0. The first-order chi connectivity index (χ1) is 21.3. The molecule has 0 radical (unpaired) electrons. The summed E-state index contributed by atoms with van der Waals surface area (Å²) in [4.78, 5) is 21.1. The average Bonchev–Trinajstić information content (AvgIpc) is 3.41. The lowest BCUT2D eigenvalue weighted by Gasteiger charge is -2.35. The lowest BCUT2D eigenvalue weighted by atomic mass is 9.97. The minimum atomic E-state index is -0.510. The van der Waals surface area contributed by atoms with Crippen molar-refractivity contribution in [1.29, 1.82) is 5.26 Å². The topological polar surface area (TPSA) is 104 Å². The van der Waals surface area contributed by atoms with Crippen molar-refractivity contribution in [3.8, 4) is 34.3 Å². The summed E-state index contributed by atoms with van der Waals surface area (Å²) in [6.45, 7) is 12.6. The average molecular weight is 596 g/mol. The Kier molecular flexibility index (Phi) is 9.71. The first-order valence-corrected chi connectivity index (χ1v) is 15.4. The number of rotatable bonds is 10. The molecule has 1 aliphatic heterocycles. The Bertz CT molecular complexity index is 1590. The van der Waals surface area contributed by atoms with Gasteiger partial charge >= 0.3 is 6.09 Å². The summed E-state index contributed by atoms with van der Waals surface area (Å²) in [5.74, 6) is 1.51. The zero-order chi connectivity index (χ0) is 31.1. The molecule has 9 nitrogen and oxygen atoms in total. The van der Waals surface area contributed by atoms with Gasteiger partial charge in [-0.15, -0.1) is 0 Å². The third kappa shape index (κ3) is 7.32. The van der Waals surface area contributed by atoms with Gasteiger partial charge in [-0.2, -0.15) is 5.26 Å². The number of carbonyl (C=O) groups is 1. The van der Waals surface area contributed by atoms with Crippen LogP contribution in [-0.2, 0) is 4.74 Å². The first-order valence-electron chi connectivity index (χ1n) is 15.4. The number of anilines is 1. The van der Waals surface area contributed by atoms with Crippen LogP contribution in [0.5, 0.6) is 5.75 Å². The van der Waals surface area contributed by atoms with Crippen LogP contribution in [0.15, 0.2) is 65.2 Å². The van der Waals surface area contributed by atoms with Crippen molar-refractivity contribution in [2.75, 3.05) is 51.2 Å². The number of aromatic nitrogens is 1. The minimum Gasteiger partial charge on any atom is -0.494 e. The molecule has 0 atom stereocenters. The van der Waals surface area contributed by atoms with Gasteiger partial charge in [0, 0.05) is 50.4 Å². The van der Waals surface area contributed by atoms with Crippen molar-refractivity contribution in [3.63, 3.8) is 0 Å². The molecule has 0 unspecified atom stereocenters. The van der Waals surface area contributed by atoms with Crippen molar-refractivity contribution in [2.45, 2.75) is 46.1 Å². The van der Waals surface area contributed by atoms with E-state index in [9.17, 15) is 10.1 Å². The number of furan rings is 1. The van der Waals surface area contributed by atoms with Crippen molar-refractivity contribution >= 4 is 22.9 Å². The lowest BCUT2D eigenvalue weighted by molar-refractivity contribution is 0.0148. The highest BCUT2D eigenvalue weighted by Crippen LogP contribution is 2.44. The van der Waals surface area contributed by atoms with E-state index < -0.39 is 5.60 Å². The molecule has 0 spiro atoms. The van der Waals surface area contributed by atoms with E-state index in [1.165, 1.54) is 0 Å². The van der Waals surface area contributed by atoms with Crippen LogP contribution in [-0.4, -0.2) is 72.4 Å². The van der Waals surface area contributed by atoms with Crippen LogP contribution in [0.4, 0.5) is 10.5 Å². The monoisotopic (exact) mass is 595 g/mol. The number of piperazine rings is 1. The lowest BCUT2D eigenvalue weighted by Crippen LogP contribution is -2.50. The maximum atomic E-state index is 12.5. The molecule has 1 amide bonds. The van der Waals surface area contributed by atoms with Crippen molar-refractivity contribution < 1.29 is 18.7 Å². The number of nitrogens with zero attached hydrogens (tertiary/aromatic N) is 4. The fraction of sp³-hybridized carbons (Fsp3) is 0.400. The Labute approximate surface area is 259 Å². The number of ether oxygens (including phenoxy) is 2. The maximum Gasteiger partial charge on any atom is 0.410 e. The SMILES string of the molecule is CCCCOc1ccc(-c2oc3ncc(C#N)c(NCCN4CCN(C(=O)OC(C)(C)C)CC4)c3c2-c2ccccc2)cc1. The summed E-state index contributed by atoms with van der Waals surface area (Å²) in [7, 11) is 0. The fourth-order valence-electron chi connectivity index (χ4n) is 5.27. The summed E-state index contributed by atoms with van der Waals surface area (Å²) >= 11 is 0. The highest BCUT2D eigenvalue weighted by molar-refractivity contribution is 6.08. The van der Waals surface area contributed by atoms with E-state index in [2.05, 4.69) is 28.2 Å². The van der Waals surface area contributed by atoms with Gasteiger partial charge in [-0.1, -0.05) is 43.7 Å². The summed E-state index contributed by atoms with van der Waals surface area (Å²) in [6.07, 6.45) is 3.39. The molecule has 5 rings (SSSR count). The zero-order valence-electron chi connectivity index (χ0n) is 26.1. The highest BCUT2D eigenvalue weighted by atomic mass is 16.6. The number of nitriles is 1. The predicted octanol–water partition coefficient (Wildman–Crippen LogP) is 7.18. The van der Waals surface area contributed by atoms with Gasteiger partial charge in [0.1, 0.15) is 23.2 Å². The molecule has 4 aromatic rings. The normalized spacial score (nSPS) is 13.9. The molecular weight excluding hydrogens is 554 g/mol. The quantitative estimate of drug-likeness (QED) is 0.192. The molecule has 0 bridgehead atoms. The second kappa shape index (κ2) is 13.8. The molecule has 230 valence electrons. The van der Waals surface area contributed by atoms with Crippen molar-refractivity contribution in [3.05, 3.63) is 66.4 Å². The Hall–Kier alpha value is -4.55. The Morgan fingerprint density at radius 1 is 1.05 bits per heavy atom. The maximum absolute atomic E-state index is 12.5. The van der Waals surface area contributed by atoms with E-state index in [1.54, 1.807) is 11.1 Å². The van der Waals surface area contributed by atoms with E-state index >= 15 is 0 Å². The number of amides is 1. The molecule has 0 saturated carbocycles. The van der Waals surface area contributed by atoms with Crippen molar-refractivity contribution in [1.82, 2.24) is 14.8 Å². The molecule has 2 aromatic carbocycles. The summed E-state index contributed by atoms with van der Waals surface area (Å²) < 4.78 is 17.8. The van der Waals surface area contributed by atoms with E-state index in [-0.39, 0.29) is 6.09 Å². The van der Waals surface area contributed by atoms with Gasteiger partial charge in [0.05, 0.1) is 29.4 Å². The third-order valence-corrected chi connectivity index (χ3v) is 7.54. The third-order valence-electron chi connectivity index (χ3n) is 7.54. The molecule has 9 heteroatoms. The minimum absolute atomic E-state index is 0.268. The number of hydrogen-bond donors (Lipinski definition) is 1. The van der Waals surface area contributed by atoms with E-state index in [0.29, 0.717) is 49.0 Å². The predicted molar refractivity (Wildman–Crippen MR) is 173 cm³/mol. The molecule has 1 saturated heterocycles. The summed E-state index contributed by atoms with van der Waals surface area (Å²) in [5.41, 5.74) is 3.88. The van der Waals surface area contributed by atoms with Gasteiger partial charge in [-0.05, 0) is 57.0 Å². The van der Waals surface area contributed by atoms with Crippen LogP contribution >= 0.6 is 0 Å². The van der Waals surface area contributed by atoms with Gasteiger partial charge in [-0.3, -0.25) is 4.90 Å². The largest absolute Gasteiger partial charge is 0.494 e. The van der Waals surface area contributed by atoms with E-state index in [4.69, 9.17) is 13.9 Å². The van der Waals surface area contributed by atoms with Gasteiger partial charge in [0.2, 0.25) is 5.71 Å². The second-order valence-corrected chi connectivity index (χ2v) is 12.0. The van der Waals surface area contributed by atoms with E-state index in [0.717, 1.165) is 60.3 Å². The number of fused-ring (bicyclic) bond motifs is 1. The molecule has 3 heterocycles. The number of carbonyl (C=O) groups excluding carboxylic acids is 1. The molecule has 1 fully saturated rings. The van der Waals surface area contributed by atoms with Gasteiger partial charge in [-0.25, -0.2) is 9.78 Å². The highest BCUT2D eigenvalue weighted by Gasteiger charge is 2.27. The number of benzene rings is 2. The summed E-state index contributed by atoms with van der Waals surface area (Å²) in [5, 5.41) is 14.4. The smallest absolute Gasteiger partial charge is 0.410 e. The van der Waals surface area contributed by atoms with Crippen LogP contribution in [0.3, 0.4) is 0 Å². The van der Waals surface area contributed by atoms with Gasteiger partial charge < -0.3 is 24.1 Å². The molecular formula is C35H41N5O4. The van der Waals surface area contributed by atoms with Crippen LogP contribution in [0.25, 0.3) is 33.6 Å². The standard InChI is InChI=1S/C35H41N5O4/c1-5-6-22-42-28-14-12-26(13-15-28)32-29(25-10-8-7-9-11-25)30-31(27(23-36)24-38-33(30)43-32)37-16-17-39-18-20-40(21-19-39)34(41)44-35(2,3)4/h7-15,24H,5-6,16-22H2,1-4H3,(H,37,38). The number of nitrogens with one attached hydrogen (secondary N) is 1. The molecule has 1 N–H and O–H groups in total. The first kappa shape index (κ1) is 30.9. The Balaban J connectivity index is 1.38. The number of hydrogen-bond acceptors (Lipinski definition) is 8. The molecule has 44 heavy (non-hydrogen) atoms. The Morgan fingerprint density at radius 2 is 1.77 bits per heavy atom. The van der Waals surface area contributed by atoms with E-state index in [1.807, 2.05) is 75.4 Å². The van der Waals surface area contributed by atoms with Crippen LogP contribution in [0.1, 0.15) is 46.1 Å². The summed E-state index contributed by atoms with van der Waals surface area (Å²) in [6, 6.07) is 20.3. The van der Waals surface area contributed by atoms with Crippen molar-refractivity contribution in [2.24, 2.45) is 0 Å². The van der Waals surface area contributed by atoms with Gasteiger partial charge in [0.15, 0.2) is 0 Å². The van der Waals surface area contributed by atoms with Crippen LogP contribution in [0.2, 0.25) is 0 Å².